The maximum atomic E-state index is 13.6. The lowest BCUT2D eigenvalue weighted by Gasteiger charge is -2.27. The number of fused-ring (bicyclic) bond motifs is 1. The van der Waals surface area contributed by atoms with Crippen molar-refractivity contribution in [2.75, 3.05) is 34.5 Å². The molecule has 2 aromatic carbocycles. The second-order valence-corrected chi connectivity index (χ2v) is 9.09. The number of nitrogens with zero attached hydrogens (tertiary/aromatic N) is 2. The first-order chi connectivity index (χ1) is 17.3. The summed E-state index contributed by atoms with van der Waals surface area (Å²) in [5, 5.41) is 18.3. The van der Waals surface area contributed by atoms with E-state index in [0.29, 0.717) is 64.4 Å². The van der Waals surface area contributed by atoms with Gasteiger partial charge in [0.2, 0.25) is 5.75 Å². The molecule has 1 aliphatic rings. The molecule has 36 heavy (non-hydrogen) atoms. The normalized spacial score (nSPS) is 14.9. The smallest absolute Gasteiger partial charge is 0.273 e. The van der Waals surface area contributed by atoms with Gasteiger partial charge < -0.3 is 29.0 Å². The number of carbonyl (C=O) groups excluding carboxylic acids is 1. The lowest BCUT2D eigenvalue weighted by atomic mass is 9.95. The number of methoxy groups -OCH3 is 3. The maximum Gasteiger partial charge on any atom is 0.273 e. The van der Waals surface area contributed by atoms with E-state index >= 15 is 0 Å². The first-order valence-corrected chi connectivity index (χ1v) is 12.0. The van der Waals surface area contributed by atoms with Crippen LogP contribution in [-0.2, 0) is 4.74 Å². The minimum atomic E-state index is -0.535. The molecule has 1 unspecified atom stereocenters. The van der Waals surface area contributed by atoms with E-state index in [1.807, 2.05) is 26.0 Å². The topological polar surface area (TPSA) is 106 Å². The van der Waals surface area contributed by atoms with Crippen LogP contribution >= 0.6 is 11.6 Å². The number of phenols is 1. The number of hydrogen-bond donors (Lipinski definition) is 2. The van der Waals surface area contributed by atoms with Crippen LogP contribution in [0.3, 0.4) is 0 Å². The summed E-state index contributed by atoms with van der Waals surface area (Å²) >= 11 is 6.23. The number of aromatic nitrogens is 2. The van der Waals surface area contributed by atoms with Crippen LogP contribution in [0.2, 0.25) is 5.02 Å². The molecule has 2 N–H and O–H groups in total. The fourth-order valence-corrected chi connectivity index (χ4v) is 4.66. The molecular formula is C26H30ClN3O6. The van der Waals surface area contributed by atoms with Gasteiger partial charge in [-0.2, -0.15) is 5.10 Å². The van der Waals surface area contributed by atoms with E-state index in [1.165, 1.54) is 13.2 Å². The third-order valence-electron chi connectivity index (χ3n) is 6.07. The van der Waals surface area contributed by atoms with Gasteiger partial charge in [0.25, 0.3) is 5.91 Å². The number of amides is 1. The molecule has 0 bridgehead atoms. The van der Waals surface area contributed by atoms with Gasteiger partial charge in [-0.25, -0.2) is 0 Å². The predicted octanol–water partition coefficient (Wildman–Crippen LogP) is 4.82. The van der Waals surface area contributed by atoms with Gasteiger partial charge in [0.05, 0.1) is 33.5 Å². The van der Waals surface area contributed by atoms with Gasteiger partial charge in [0, 0.05) is 29.3 Å². The Hall–Kier alpha value is -3.43. The standard InChI is InChI=1S/C26H30ClN3O6/c1-14(2)36-10-6-9-30-24(15-11-19(33-3)25(35-5)20(12-15)34-4)21-22(28-29-23(21)26(30)32)17-13-16(27)7-8-18(17)31/h7-8,11-14,24,31H,6,9-10H2,1-5H3,(H,28,29). The Labute approximate surface area is 214 Å². The third kappa shape index (κ3) is 4.68. The fourth-order valence-electron chi connectivity index (χ4n) is 4.49. The summed E-state index contributed by atoms with van der Waals surface area (Å²) < 4.78 is 22.3. The van der Waals surface area contributed by atoms with Crippen molar-refractivity contribution in [3.8, 4) is 34.3 Å². The van der Waals surface area contributed by atoms with Crippen molar-refractivity contribution in [1.82, 2.24) is 15.1 Å². The minimum absolute atomic E-state index is 0.00794. The molecule has 0 spiro atoms. The maximum absolute atomic E-state index is 13.6. The summed E-state index contributed by atoms with van der Waals surface area (Å²) in [6, 6.07) is 7.83. The first kappa shape index (κ1) is 25.7. The summed E-state index contributed by atoms with van der Waals surface area (Å²) in [5.41, 5.74) is 2.60. The zero-order valence-corrected chi connectivity index (χ0v) is 21.7. The summed E-state index contributed by atoms with van der Waals surface area (Å²) in [6.07, 6.45) is 0.736. The van der Waals surface area contributed by atoms with Crippen molar-refractivity contribution >= 4 is 17.5 Å². The number of aromatic hydroxyl groups is 1. The Morgan fingerprint density at radius 2 is 1.81 bits per heavy atom. The van der Waals surface area contributed by atoms with Crippen LogP contribution in [0.5, 0.6) is 23.0 Å². The van der Waals surface area contributed by atoms with Gasteiger partial charge in [-0.1, -0.05) is 11.6 Å². The van der Waals surface area contributed by atoms with Crippen molar-refractivity contribution in [2.24, 2.45) is 0 Å². The Morgan fingerprint density at radius 1 is 1.11 bits per heavy atom. The van der Waals surface area contributed by atoms with E-state index < -0.39 is 6.04 Å². The molecule has 3 aromatic rings. The van der Waals surface area contributed by atoms with Crippen molar-refractivity contribution in [3.63, 3.8) is 0 Å². The highest BCUT2D eigenvalue weighted by Gasteiger charge is 2.43. The number of rotatable bonds is 10. The summed E-state index contributed by atoms with van der Waals surface area (Å²) in [5.74, 6) is 1.19. The average molecular weight is 516 g/mol. The van der Waals surface area contributed by atoms with Gasteiger partial charge in [0.15, 0.2) is 11.5 Å². The zero-order valence-electron chi connectivity index (χ0n) is 20.9. The number of nitrogens with one attached hydrogen (secondary N) is 1. The van der Waals surface area contributed by atoms with Crippen molar-refractivity contribution < 1.29 is 28.8 Å². The van der Waals surface area contributed by atoms with Gasteiger partial charge in [-0.3, -0.25) is 9.89 Å². The molecule has 192 valence electrons. The van der Waals surface area contributed by atoms with E-state index in [2.05, 4.69) is 10.2 Å². The van der Waals surface area contributed by atoms with Gasteiger partial charge in [-0.05, 0) is 56.2 Å². The lowest BCUT2D eigenvalue weighted by Crippen LogP contribution is -2.31. The molecule has 4 rings (SSSR count). The molecular weight excluding hydrogens is 486 g/mol. The molecule has 1 aromatic heterocycles. The minimum Gasteiger partial charge on any atom is -0.507 e. The number of ether oxygens (including phenoxy) is 4. The number of benzene rings is 2. The van der Waals surface area contributed by atoms with E-state index in [-0.39, 0.29) is 17.8 Å². The number of hydrogen-bond acceptors (Lipinski definition) is 7. The summed E-state index contributed by atoms with van der Waals surface area (Å²) in [6.45, 7) is 4.90. The number of carbonyl (C=O) groups is 1. The van der Waals surface area contributed by atoms with Crippen LogP contribution in [0.25, 0.3) is 11.3 Å². The van der Waals surface area contributed by atoms with E-state index in [9.17, 15) is 9.90 Å². The predicted molar refractivity (Wildman–Crippen MR) is 135 cm³/mol. The van der Waals surface area contributed by atoms with Crippen molar-refractivity contribution in [1.29, 1.82) is 0 Å². The number of H-pyrrole nitrogens is 1. The quantitative estimate of drug-likeness (QED) is 0.373. The molecule has 1 atom stereocenters. The molecule has 0 saturated carbocycles. The lowest BCUT2D eigenvalue weighted by molar-refractivity contribution is 0.0601. The van der Waals surface area contributed by atoms with Crippen LogP contribution in [0.1, 0.15) is 47.9 Å². The average Bonchev–Trinajstić information content (AvgIpc) is 3.40. The van der Waals surface area contributed by atoms with Gasteiger partial charge >= 0.3 is 0 Å². The number of halogens is 1. The fraction of sp³-hybridized carbons (Fsp3) is 0.385. The highest BCUT2D eigenvalue weighted by molar-refractivity contribution is 6.31. The molecule has 1 aliphatic heterocycles. The Morgan fingerprint density at radius 3 is 2.42 bits per heavy atom. The Bertz CT molecular complexity index is 1230. The molecule has 0 radical (unpaired) electrons. The molecule has 0 aliphatic carbocycles. The summed E-state index contributed by atoms with van der Waals surface area (Å²) in [7, 11) is 4.62. The number of aromatic amines is 1. The van der Waals surface area contributed by atoms with Crippen LogP contribution in [0.15, 0.2) is 30.3 Å². The van der Waals surface area contributed by atoms with Gasteiger partial charge in [-0.15, -0.1) is 0 Å². The number of phenolic OH excluding ortho intramolecular Hbond substituents is 1. The van der Waals surface area contributed by atoms with Crippen molar-refractivity contribution in [3.05, 3.63) is 52.2 Å². The highest BCUT2D eigenvalue weighted by atomic mass is 35.5. The molecule has 9 nitrogen and oxygen atoms in total. The first-order valence-electron chi connectivity index (χ1n) is 11.6. The molecule has 2 heterocycles. The molecule has 0 fully saturated rings. The SMILES string of the molecule is COc1cc(C2c3c(-c4cc(Cl)ccc4O)n[nH]c3C(=O)N2CCCOC(C)C)cc(OC)c1OC. The van der Waals surface area contributed by atoms with E-state index in [0.717, 1.165) is 5.56 Å². The zero-order chi connectivity index (χ0) is 26.0. The second kappa shape index (κ2) is 10.7. The van der Waals surface area contributed by atoms with Crippen molar-refractivity contribution in [2.45, 2.75) is 32.4 Å². The van der Waals surface area contributed by atoms with Crippen LogP contribution in [-0.4, -0.2) is 66.7 Å². The van der Waals surface area contributed by atoms with E-state index in [1.54, 1.807) is 31.3 Å². The summed E-state index contributed by atoms with van der Waals surface area (Å²) in [4.78, 5) is 15.3. The van der Waals surface area contributed by atoms with Crippen LogP contribution < -0.4 is 14.2 Å². The molecule has 0 saturated heterocycles. The highest BCUT2D eigenvalue weighted by Crippen LogP contribution is 2.48. The Balaban J connectivity index is 1.86. The largest absolute Gasteiger partial charge is 0.507 e. The van der Waals surface area contributed by atoms with Gasteiger partial charge in [0.1, 0.15) is 17.1 Å². The van der Waals surface area contributed by atoms with E-state index in [4.69, 9.17) is 30.5 Å². The second-order valence-electron chi connectivity index (χ2n) is 8.66. The molecule has 10 heteroatoms. The van der Waals surface area contributed by atoms with Crippen LogP contribution in [0, 0.1) is 0 Å². The Kier molecular flexibility index (Phi) is 7.61. The third-order valence-corrected chi connectivity index (χ3v) is 6.31. The molecule has 1 amide bonds. The monoisotopic (exact) mass is 515 g/mol. The van der Waals surface area contributed by atoms with Crippen LogP contribution in [0.4, 0.5) is 0 Å².